The minimum atomic E-state index is -3.28. The molecule has 2 heterocycles. The highest BCUT2D eigenvalue weighted by molar-refractivity contribution is 7.90. The molecule has 14 heavy (non-hydrogen) atoms. The minimum absolute atomic E-state index is 0.0712. The summed E-state index contributed by atoms with van der Waals surface area (Å²) in [5.41, 5.74) is 1.84. The predicted molar refractivity (Wildman–Crippen MR) is 50.6 cm³/mol. The van der Waals surface area contributed by atoms with Gasteiger partial charge in [-0.05, 0) is 0 Å². The molecule has 0 aromatic carbocycles. The van der Waals surface area contributed by atoms with E-state index in [2.05, 4.69) is 15.3 Å². The molecule has 1 N–H and O–H groups in total. The quantitative estimate of drug-likeness (QED) is 0.638. The predicted octanol–water partition coefficient (Wildman–Crippen LogP) is -0.474. The average molecular weight is 213 g/mol. The number of nitrogens with one attached hydrogen (secondary N) is 1. The lowest BCUT2D eigenvalue weighted by atomic mass is 10.1. The van der Waals surface area contributed by atoms with Crippen LogP contribution in [0.4, 0.5) is 0 Å². The van der Waals surface area contributed by atoms with Crippen LogP contribution in [0.25, 0.3) is 0 Å². The summed E-state index contributed by atoms with van der Waals surface area (Å²) in [5.74, 6) is 0. The molecule has 1 aliphatic heterocycles. The first kappa shape index (κ1) is 9.54. The molecule has 5 nitrogen and oxygen atoms in total. The summed E-state index contributed by atoms with van der Waals surface area (Å²) in [4.78, 5) is 7.87. The van der Waals surface area contributed by atoms with Crippen molar-refractivity contribution in [3.63, 3.8) is 0 Å². The van der Waals surface area contributed by atoms with Gasteiger partial charge in [0.2, 0.25) is 15.0 Å². The summed E-state index contributed by atoms with van der Waals surface area (Å²) in [7, 11) is -3.28. The fraction of sp³-hybridized carbons (Fsp3) is 0.500. The largest absolute Gasteiger partial charge is 0.312 e. The molecule has 0 radical (unpaired) electrons. The second-order valence-corrected chi connectivity index (χ2v) is 5.23. The number of nitrogens with zero attached hydrogens (tertiary/aromatic N) is 2. The van der Waals surface area contributed by atoms with Crippen molar-refractivity contribution in [1.82, 2.24) is 15.3 Å². The Morgan fingerprint density at radius 2 is 2.29 bits per heavy atom. The van der Waals surface area contributed by atoms with E-state index >= 15 is 0 Å². The first-order chi connectivity index (χ1) is 6.57. The van der Waals surface area contributed by atoms with E-state index in [0.717, 1.165) is 37.0 Å². The zero-order valence-electron chi connectivity index (χ0n) is 7.82. The number of rotatable bonds is 1. The molecule has 1 aromatic rings. The van der Waals surface area contributed by atoms with Gasteiger partial charge in [0.25, 0.3) is 0 Å². The van der Waals surface area contributed by atoms with Crippen LogP contribution in [0.15, 0.2) is 11.4 Å². The van der Waals surface area contributed by atoms with E-state index in [4.69, 9.17) is 0 Å². The maximum atomic E-state index is 11.2. The Bertz CT molecular complexity index is 456. The highest BCUT2D eigenvalue weighted by Crippen LogP contribution is 2.12. The third-order valence-corrected chi connectivity index (χ3v) is 2.98. The van der Waals surface area contributed by atoms with E-state index in [9.17, 15) is 8.42 Å². The highest BCUT2D eigenvalue weighted by Gasteiger charge is 2.16. The molecule has 0 saturated carbocycles. The molecule has 0 spiro atoms. The molecule has 0 aliphatic carbocycles. The van der Waals surface area contributed by atoms with Crippen LogP contribution < -0.4 is 5.32 Å². The van der Waals surface area contributed by atoms with Crippen molar-refractivity contribution in [3.8, 4) is 0 Å². The lowest BCUT2D eigenvalue weighted by Gasteiger charge is -2.15. The van der Waals surface area contributed by atoms with Gasteiger partial charge in [-0.25, -0.2) is 18.4 Å². The van der Waals surface area contributed by atoms with Crippen LogP contribution in [-0.4, -0.2) is 31.2 Å². The molecule has 0 fully saturated rings. The molecule has 1 aromatic heterocycles. The van der Waals surface area contributed by atoms with Crippen LogP contribution in [-0.2, 0) is 22.8 Å². The fourth-order valence-electron chi connectivity index (χ4n) is 1.40. The summed E-state index contributed by atoms with van der Waals surface area (Å²) >= 11 is 0. The van der Waals surface area contributed by atoms with Crippen LogP contribution in [0.2, 0.25) is 0 Å². The normalized spacial score (nSPS) is 16.4. The third-order valence-electron chi connectivity index (χ3n) is 2.12. The van der Waals surface area contributed by atoms with Gasteiger partial charge in [-0.1, -0.05) is 0 Å². The first-order valence-electron chi connectivity index (χ1n) is 4.33. The maximum Gasteiger partial charge on any atom is 0.246 e. The summed E-state index contributed by atoms with van der Waals surface area (Å²) in [6.45, 7) is 1.56. The van der Waals surface area contributed by atoms with Crippen molar-refractivity contribution < 1.29 is 8.42 Å². The maximum absolute atomic E-state index is 11.2. The number of hydrogen-bond acceptors (Lipinski definition) is 5. The average Bonchev–Trinajstić information content (AvgIpc) is 2.16. The molecule has 0 saturated heterocycles. The van der Waals surface area contributed by atoms with E-state index in [1.54, 1.807) is 6.20 Å². The summed E-state index contributed by atoms with van der Waals surface area (Å²) < 4.78 is 22.4. The lowest BCUT2D eigenvalue weighted by molar-refractivity contribution is 0.581. The Balaban J connectivity index is 2.49. The Morgan fingerprint density at radius 3 is 3.00 bits per heavy atom. The molecular weight excluding hydrogens is 202 g/mol. The summed E-state index contributed by atoms with van der Waals surface area (Å²) in [5, 5.41) is 3.10. The Hall–Kier alpha value is -1.01. The Morgan fingerprint density at radius 1 is 1.50 bits per heavy atom. The molecule has 0 unspecified atom stereocenters. The van der Waals surface area contributed by atoms with Gasteiger partial charge in [-0.15, -0.1) is 0 Å². The van der Waals surface area contributed by atoms with Crippen LogP contribution in [0, 0.1) is 0 Å². The first-order valence-corrected chi connectivity index (χ1v) is 6.22. The molecule has 6 heteroatoms. The van der Waals surface area contributed by atoms with Crippen molar-refractivity contribution in [2.24, 2.45) is 0 Å². The standard InChI is InChI=1S/C8H11N3O2S/c1-14(12,13)8-10-5-6-4-9-3-2-7(6)11-8/h5,9H,2-4H2,1H3. The Kier molecular flexibility index (Phi) is 2.24. The fourth-order valence-corrected chi connectivity index (χ4v) is 1.92. The minimum Gasteiger partial charge on any atom is -0.312 e. The monoisotopic (exact) mass is 213 g/mol. The molecule has 2 rings (SSSR count). The van der Waals surface area contributed by atoms with E-state index in [-0.39, 0.29) is 5.16 Å². The summed E-state index contributed by atoms with van der Waals surface area (Å²) in [6.07, 6.45) is 3.47. The topological polar surface area (TPSA) is 72.0 Å². The highest BCUT2D eigenvalue weighted by atomic mass is 32.2. The number of hydrogen-bond donors (Lipinski definition) is 1. The second-order valence-electron chi connectivity index (χ2n) is 3.32. The SMILES string of the molecule is CS(=O)(=O)c1ncc2c(n1)CCNC2. The van der Waals surface area contributed by atoms with E-state index in [0.29, 0.717) is 0 Å². The van der Waals surface area contributed by atoms with Crippen LogP contribution >= 0.6 is 0 Å². The van der Waals surface area contributed by atoms with Crippen molar-refractivity contribution in [2.75, 3.05) is 12.8 Å². The molecule has 0 amide bonds. The van der Waals surface area contributed by atoms with Crippen LogP contribution in [0.5, 0.6) is 0 Å². The second kappa shape index (κ2) is 3.29. The van der Waals surface area contributed by atoms with Crippen molar-refractivity contribution in [3.05, 3.63) is 17.5 Å². The molecule has 0 bridgehead atoms. The van der Waals surface area contributed by atoms with Gasteiger partial charge in [0, 0.05) is 37.5 Å². The third kappa shape index (κ3) is 1.76. The number of sulfone groups is 1. The van der Waals surface area contributed by atoms with Gasteiger partial charge in [0.1, 0.15) is 0 Å². The van der Waals surface area contributed by atoms with Crippen molar-refractivity contribution in [1.29, 1.82) is 0 Å². The van der Waals surface area contributed by atoms with E-state index < -0.39 is 9.84 Å². The zero-order valence-corrected chi connectivity index (χ0v) is 8.63. The molecule has 76 valence electrons. The van der Waals surface area contributed by atoms with E-state index in [1.807, 2.05) is 0 Å². The van der Waals surface area contributed by atoms with Crippen molar-refractivity contribution >= 4 is 9.84 Å². The van der Waals surface area contributed by atoms with Gasteiger partial charge >= 0.3 is 0 Å². The molecule has 0 atom stereocenters. The summed E-state index contributed by atoms with van der Waals surface area (Å²) in [6, 6.07) is 0. The lowest BCUT2D eigenvalue weighted by Crippen LogP contribution is -2.25. The van der Waals surface area contributed by atoms with Gasteiger partial charge in [-0.2, -0.15) is 0 Å². The molecule has 1 aliphatic rings. The van der Waals surface area contributed by atoms with Crippen LogP contribution in [0.3, 0.4) is 0 Å². The Labute approximate surface area is 82.5 Å². The van der Waals surface area contributed by atoms with Gasteiger partial charge in [-0.3, -0.25) is 0 Å². The number of aromatic nitrogens is 2. The number of fused-ring (bicyclic) bond motifs is 1. The molecular formula is C8H11N3O2S. The van der Waals surface area contributed by atoms with Gasteiger partial charge in [0.15, 0.2) is 0 Å². The zero-order chi connectivity index (χ0) is 10.2. The van der Waals surface area contributed by atoms with Crippen LogP contribution in [0.1, 0.15) is 11.3 Å². The smallest absolute Gasteiger partial charge is 0.246 e. The van der Waals surface area contributed by atoms with E-state index in [1.165, 1.54) is 0 Å². The van der Waals surface area contributed by atoms with Gasteiger partial charge < -0.3 is 5.32 Å². The van der Waals surface area contributed by atoms with Crippen molar-refractivity contribution in [2.45, 2.75) is 18.1 Å². The van der Waals surface area contributed by atoms with Gasteiger partial charge in [0.05, 0.1) is 5.69 Å².